The van der Waals surface area contributed by atoms with Gasteiger partial charge in [0.1, 0.15) is 6.61 Å². The van der Waals surface area contributed by atoms with Crippen LogP contribution in [-0.4, -0.2) is 60.6 Å². The molecule has 134 valence electrons. The van der Waals surface area contributed by atoms with Crippen LogP contribution in [0.1, 0.15) is 20.8 Å². The molecule has 23 heavy (non-hydrogen) atoms. The second-order valence-electron chi connectivity index (χ2n) is 5.14. The number of alkyl halides is 2. The molecule has 0 aromatic heterocycles. The fourth-order valence-electron chi connectivity index (χ4n) is 1.21. The highest BCUT2D eigenvalue weighted by Gasteiger charge is 2.11. The van der Waals surface area contributed by atoms with Crippen molar-refractivity contribution in [2.24, 2.45) is 11.0 Å². The van der Waals surface area contributed by atoms with Crippen LogP contribution in [0, 0.1) is 11.3 Å². The maximum Gasteiger partial charge on any atom is 0.407 e. The number of hydrogen-bond donors (Lipinski definition) is 3. The third-order valence-electron chi connectivity index (χ3n) is 2.99. The minimum Gasteiger partial charge on any atom is -0.447 e. The molecule has 0 aromatic rings. The zero-order chi connectivity index (χ0) is 17.7. The smallest absolute Gasteiger partial charge is 0.407 e. The van der Waals surface area contributed by atoms with Crippen LogP contribution in [0.25, 0.3) is 0 Å². The summed E-state index contributed by atoms with van der Waals surface area (Å²) in [6.07, 6.45) is -0.423. The van der Waals surface area contributed by atoms with Gasteiger partial charge in [-0.05, 0) is 12.8 Å². The van der Waals surface area contributed by atoms with E-state index in [0.717, 1.165) is 0 Å². The van der Waals surface area contributed by atoms with Crippen molar-refractivity contribution in [1.82, 2.24) is 10.7 Å². The largest absolute Gasteiger partial charge is 0.447 e. The molecule has 0 fully saturated rings. The molecule has 3 N–H and O–H groups in total. The van der Waals surface area contributed by atoms with E-state index in [1.807, 2.05) is 20.8 Å². The van der Waals surface area contributed by atoms with Crippen LogP contribution in [0.4, 0.5) is 4.79 Å². The van der Waals surface area contributed by atoms with Crippen LogP contribution in [0.15, 0.2) is 5.10 Å². The van der Waals surface area contributed by atoms with Gasteiger partial charge in [-0.25, -0.2) is 4.79 Å². The Kier molecular flexibility index (Phi) is 13.3. The molecule has 0 aliphatic heterocycles. The van der Waals surface area contributed by atoms with Crippen LogP contribution in [0.2, 0.25) is 0 Å². The molecule has 9 heteroatoms. The number of hydrazone groups is 1. The first-order valence-electron chi connectivity index (χ1n) is 7.42. The van der Waals surface area contributed by atoms with Gasteiger partial charge in [0, 0.05) is 16.7 Å². The van der Waals surface area contributed by atoms with E-state index < -0.39 is 6.09 Å². The first-order chi connectivity index (χ1) is 10.9. The maximum atomic E-state index is 11.4. The van der Waals surface area contributed by atoms with E-state index in [4.69, 9.17) is 14.9 Å². The third-order valence-corrected chi connectivity index (χ3v) is 4.08. The van der Waals surface area contributed by atoms with Crippen LogP contribution in [0.3, 0.4) is 0 Å². The SMILES string of the molecule is CC(C)C(C)NC(=O)OCCOCCN/N=C(/CBr)C(=N)CBr. The summed E-state index contributed by atoms with van der Waals surface area (Å²) in [6, 6.07) is 0.0763. The van der Waals surface area contributed by atoms with E-state index in [2.05, 4.69) is 47.7 Å². The Balaban J connectivity index is 3.65. The maximum absolute atomic E-state index is 11.4. The Morgan fingerprint density at radius 1 is 1.17 bits per heavy atom. The number of rotatable bonds is 12. The average molecular weight is 458 g/mol. The van der Waals surface area contributed by atoms with Gasteiger partial charge in [-0.3, -0.25) is 0 Å². The molecule has 0 spiro atoms. The van der Waals surface area contributed by atoms with Crippen molar-refractivity contribution in [2.45, 2.75) is 26.8 Å². The van der Waals surface area contributed by atoms with E-state index in [1.54, 1.807) is 0 Å². The number of carbonyl (C=O) groups excluding carboxylic acids is 1. The predicted octanol–water partition coefficient (Wildman–Crippen LogP) is 2.53. The molecule has 1 atom stereocenters. The lowest BCUT2D eigenvalue weighted by molar-refractivity contribution is 0.0722. The Labute approximate surface area is 154 Å². The van der Waals surface area contributed by atoms with Crippen molar-refractivity contribution in [3.05, 3.63) is 0 Å². The summed E-state index contributed by atoms with van der Waals surface area (Å²) < 4.78 is 10.3. The highest BCUT2D eigenvalue weighted by Crippen LogP contribution is 1.99. The lowest BCUT2D eigenvalue weighted by atomic mass is 10.1. The molecule has 0 bridgehead atoms. The van der Waals surface area contributed by atoms with Gasteiger partial charge in [-0.2, -0.15) is 5.10 Å². The van der Waals surface area contributed by atoms with Crippen molar-refractivity contribution in [3.63, 3.8) is 0 Å². The van der Waals surface area contributed by atoms with Gasteiger partial charge >= 0.3 is 6.09 Å². The number of ether oxygens (including phenoxy) is 2. The molecule has 0 saturated carbocycles. The summed E-state index contributed by atoms with van der Waals surface area (Å²) in [5, 5.41) is 15.5. The first-order valence-corrected chi connectivity index (χ1v) is 9.66. The van der Waals surface area contributed by atoms with Gasteiger partial charge in [-0.1, -0.05) is 45.7 Å². The summed E-state index contributed by atoms with van der Waals surface area (Å²) >= 11 is 6.50. The number of nitrogens with one attached hydrogen (secondary N) is 3. The number of carbonyl (C=O) groups is 1. The zero-order valence-corrected chi connectivity index (χ0v) is 17.0. The average Bonchev–Trinajstić information content (AvgIpc) is 2.52. The molecular weight excluding hydrogens is 432 g/mol. The fourth-order valence-corrected chi connectivity index (χ4v) is 2.00. The van der Waals surface area contributed by atoms with Gasteiger partial charge in [0.2, 0.25) is 0 Å². The van der Waals surface area contributed by atoms with Crippen molar-refractivity contribution >= 4 is 49.4 Å². The predicted molar refractivity (Wildman–Crippen MR) is 100 cm³/mol. The summed E-state index contributed by atoms with van der Waals surface area (Å²) in [6.45, 7) is 7.49. The van der Waals surface area contributed by atoms with Gasteiger partial charge in [-0.15, -0.1) is 0 Å². The second kappa shape index (κ2) is 13.7. The van der Waals surface area contributed by atoms with Gasteiger partial charge in [0.15, 0.2) is 0 Å². The standard InChI is InChI=1S/C14H26Br2N4O3/c1-10(2)11(3)19-14(21)23-7-6-22-5-4-18-20-13(9-16)12(17)8-15/h10-11,17-18H,4-9H2,1-3H3,(H,19,21)/b17-12?,20-13-. The van der Waals surface area contributed by atoms with Gasteiger partial charge in [0.25, 0.3) is 0 Å². The number of nitrogens with zero attached hydrogens (tertiary/aromatic N) is 1. The highest BCUT2D eigenvalue weighted by molar-refractivity contribution is 9.10. The Bertz CT molecular complexity index is 392. The topological polar surface area (TPSA) is 95.8 Å². The number of alkyl carbamates (subject to hydrolysis) is 1. The van der Waals surface area contributed by atoms with E-state index in [-0.39, 0.29) is 12.6 Å². The third kappa shape index (κ3) is 11.5. The molecular formula is C14H26Br2N4O3. The summed E-state index contributed by atoms with van der Waals surface area (Å²) in [4.78, 5) is 11.4. The van der Waals surface area contributed by atoms with Crippen molar-refractivity contribution in [2.75, 3.05) is 37.0 Å². The zero-order valence-electron chi connectivity index (χ0n) is 13.8. The molecule has 0 aliphatic rings. The number of amides is 1. The molecule has 0 heterocycles. The van der Waals surface area contributed by atoms with Gasteiger partial charge in [0.05, 0.1) is 31.2 Å². The molecule has 0 saturated heterocycles. The van der Waals surface area contributed by atoms with Crippen molar-refractivity contribution < 1.29 is 14.3 Å². The lowest BCUT2D eigenvalue weighted by Crippen LogP contribution is -2.37. The molecule has 0 aliphatic carbocycles. The minimum absolute atomic E-state index is 0.0763. The van der Waals surface area contributed by atoms with E-state index in [9.17, 15) is 4.79 Å². The van der Waals surface area contributed by atoms with Crippen LogP contribution in [0.5, 0.6) is 0 Å². The first kappa shape index (κ1) is 22.3. The minimum atomic E-state index is -0.423. The summed E-state index contributed by atoms with van der Waals surface area (Å²) in [5.74, 6) is 0.362. The summed E-state index contributed by atoms with van der Waals surface area (Å²) in [5.41, 5.74) is 3.90. The monoisotopic (exact) mass is 456 g/mol. The molecule has 0 rings (SSSR count). The normalized spacial score (nSPS) is 12.9. The Morgan fingerprint density at radius 2 is 1.87 bits per heavy atom. The molecule has 1 unspecified atom stereocenters. The molecule has 1 amide bonds. The van der Waals surface area contributed by atoms with E-state index in [0.29, 0.717) is 47.8 Å². The molecule has 7 nitrogen and oxygen atoms in total. The quantitative estimate of drug-likeness (QED) is 0.181. The van der Waals surface area contributed by atoms with Gasteiger partial charge < -0.3 is 25.6 Å². The van der Waals surface area contributed by atoms with Crippen LogP contribution < -0.4 is 10.7 Å². The molecule has 0 aromatic carbocycles. The Morgan fingerprint density at radius 3 is 2.43 bits per heavy atom. The van der Waals surface area contributed by atoms with E-state index >= 15 is 0 Å². The molecule has 0 radical (unpaired) electrons. The van der Waals surface area contributed by atoms with Crippen LogP contribution in [-0.2, 0) is 9.47 Å². The fraction of sp³-hybridized carbons (Fsp3) is 0.786. The summed E-state index contributed by atoms with van der Waals surface area (Å²) in [7, 11) is 0. The number of halogens is 2. The van der Waals surface area contributed by atoms with Crippen LogP contribution >= 0.6 is 31.9 Å². The van der Waals surface area contributed by atoms with E-state index in [1.165, 1.54) is 0 Å². The van der Waals surface area contributed by atoms with Crippen molar-refractivity contribution in [1.29, 1.82) is 5.41 Å². The lowest BCUT2D eigenvalue weighted by Gasteiger charge is -2.17. The number of hydrogen-bond acceptors (Lipinski definition) is 6. The second-order valence-corrected chi connectivity index (χ2v) is 6.26. The highest BCUT2D eigenvalue weighted by atomic mass is 79.9. The Hall–Kier alpha value is -0.670. The van der Waals surface area contributed by atoms with Crippen molar-refractivity contribution in [3.8, 4) is 0 Å².